The van der Waals surface area contributed by atoms with E-state index in [9.17, 15) is 8.42 Å². The molecule has 1 aromatic heterocycles. The van der Waals surface area contributed by atoms with Gasteiger partial charge in [0.1, 0.15) is 0 Å². The predicted octanol–water partition coefficient (Wildman–Crippen LogP) is 4.08. The van der Waals surface area contributed by atoms with E-state index in [4.69, 9.17) is 0 Å². The zero-order valence-corrected chi connectivity index (χ0v) is 13.9. The number of fused-ring (bicyclic) bond motifs is 1. The Morgan fingerprint density at radius 1 is 1.00 bits per heavy atom. The van der Waals surface area contributed by atoms with Gasteiger partial charge in [-0.2, -0.15) is 0 Å². The number of nitrogens with zero attached hydrogens (tertiary/aromatic N) is 1. The largest absolute Gasteiger partial charge is 0.268 e. The molecule has 0 saturated heterocycles. The maximum atomic E-state index is 12.9. The lowest BCUT2D eigenvalue weighted by molar-refractivity contribution is 0.588. The molecule has 0 aliphatic rings. The molecule has 108 valence electrons. The molecule has 0 spiro atoms. The minimum absolute atomic E-state index is 0.301. The highest BCUT2D eigenvalue weighted by molar-refractivity contribution is 9.08. The second kappa shape index (κ2) is 5.31. The summed E-state index contributed by atoms with van der Waals surface area (Å²) in [6.07, 6.45) is 0. The van der Waals surface area contributed by atoms with Crippen molar-refractivity contribution in [1.29, 1.82) is 0 Å². The van der Waals surface area contributed by atoms with Crippen LogP contribution in [0.5, 0.6) is 0 Å². The number of halogens is 1. The fraction of sp³-hybridized carbons (Fsp3) is 0.125. The van der Waals surface area contributed by atoms with Crippen LogP contribution in [-0.2, 0) is 15.4 Å². The van der Waals surface area contributed by atoms with Gasteiger partial charge in [-0.25, -0.2) is 12.4 Å². The minimum Gasteiger partial charge on any atom is -0.238 e. The molecular formula is C16H14BrNO2S. The molecule has 3 nitrogen and oxygen atoms in total. The summed E-state index contributed by atoms with van der Waals surface area (Å²) in [6, 6.07) is 16.1. The molecule has 0 aliphatic carbocycles. The molecule has 0 unspecified atom stereocenters. The van der Waals surface area contributed by atoms with Crippen LogP contribution in [0.2, 0.25) is 0 Å². The van der Waals surface area contributed by atoms with E-state index in [0.29, 0.717) is 15.7 Å². The van der Waals surface area contributed by atoms with Gasteiger partial charge in [0.05, 0.1) is 10.4 Å². The summed E-state index contributed by atoms with van der Waals surface area (Å²) in [6.45, 7) is 1.84. The van der Waals surface area contributed by atoms with Crippen LogP contribution < -0.4 is 0 Å². The van der Waals surface area contributed by atoms with E-state index in [1.807, 2.05) is 37.3 Å². The average Bonchev–Trinajstić information content (AvgIpc) is 2.80. The molecule has 1 heterocycles. The van der Waals surface area contributed by atoms with Crippen molar-refractivity contribution in [3.05, 3.63) is 65.9 Å². The third-order valence-corrected chi connectivity index (χ3v) is 5.98. The molecule has 3 rings (SSSR count). The Morgan fingerprint density at radius 3 is 2.29 bits per heavy atom. The van der Waals surface area contributed by atoms with Gasteiger partial charge < -0.3 is 0 Å². The van der Waals surface area contributed by atoms with Gasteiger partial charge in [-0.3, -0.25) is 0 Å². The Hall–Kier alpha value is -1.59. The summed E-state index contributed by atoms with van der Waals surface area (Å²) in [7, 11) is -3.59. The lowest BCUT2D eigenvalue weighted by Gasteiger charge is -2.10. The van der Waals surface area contributed by atoms with Gasteiger partial charge in [0.25, 0.3) is 10.0 Å². The first kappa shape index (κ1) is 14.4. The molecule has 3 aromatic rings. The van der Waals surface area contributed by atoms with E-state index >= 15 is 0 Å². The van der Waals surface area contributed by atoms with Gasteiger partial charge in [0.2, 0.25) is 0 Å². The monoisotopic (exact) mass is 363 g/mol. The Balaban J connectivity index is 2.39. The van der Waals surface area contributed by atoms with Gasteiger partial charge in [-0.1, -0.05) is 52.3 Å². The molecule has 0 aliphatic heterocycles. The fourth-order valence-corrected chi connectivity index (χ4v) is 4.89. The van der Waals surface area contributed by atoms with E-state index in [1.165, 1.54) is 3.97 Å². The number of rotatable bonds is 3. The predicted molar refractivity (Wildman–Crippen MR) is 88.3 cm³/mol. The Bertz CT molecular complexity index is 899. The highest BCUT2D eigenvalue weighted by Crippen LogP contribution is 2.31. The van der Waals surface area contributed by atoms with Crippen LogP contribution in [-0.4, -0.2) is 12.4 Å². The maximum Gasteiger partial charge on any atom is 0.268 e. The summed E-state index contributed by atoms with van der Waals surface area (Å²) >= 11 is 3.46. The van der Waals surface area contributed by atoms with E-state index < -0.39 is 10.0 Å². The summed E-state index contributed by atoms with van der Waals surface area (Å²) in [5, 5.41) is 1.59. The van der Waals surface area contributed by atoms with Crippen LogP contribution in [0, 0.1) is 6.92 Å². The molecule has 0 radical (unpaired) electrons. The first-order chi connectivity index (χ1) is 10.1. The summed E-state index contributed by atoms with van der Waals surface area (Å²) in [5.41, 5.74) is 2.47. The van der Waals surface area contributed by atoms with Crippen molar-refractivity contribution in [2.75, 3.05) is 0 Å². The second-order valence-corrected chi connectivity index (χ2v) is 7.14. The van der Waals surface area contributed by atoms with Crippen LogP contribution in [0.4, 0.5) is 0 Å². The number of hydrogen-bond acceptors (Lipinski definition) is 2. The summed E-state index contributed by atoms with van der Waals surface area (Å²) in [5.74, 6) is 0. The van der Waals surface area contributed by atoms with E-state index in [-0.39, 0.29) is 0 Å². The van der Waals surface area contributed by atoms with Crippen molar-refractivity contribution >= 4 is 36.9 Å². The van der Waals surface area contributed by atoms with Crippen LogP contribution in [0.15, 0.2) is 59.5 Å². The average molecular weight is 364 g/mol. The number of benzene rings is 2. The lowest BCUT2D eigenvalue weighted by Crippen LogP contribution is -2.14. The van der Waals surface area contributed by atoms with Gasteiger partial charge in [-0.05, 0) is 30.7 Å². The Kier molecular flexibility index (Phi) is 3.63. The molecule has 2 aromatic carbocycles. The molecule has 0 saturated carbocycles. The smallest absolute Gasteiger partial charge is 0.238 e. The summed E-state index contributed by atoms with van der Waals surface area (Å²) in [4.78, 5) is 0.301. The number of hydrogen-bond donors (Lipinski definition) is 0. The molecule has 0 amide bonds. The second-order valence-electron chi connectivity index (χ2n) is 4.80. The van der Waals surface area contributed by atoms with Crippen LogP contribution in [0.1, 0.15) is 11.3 Å². The van der Waals surface area contributed by atoms with Crippen molar-refractivity contribution in [2.24, 2.45) is 0 Å². The van der Waals surface area contributed by atoms with E-state index in [1.54, 1.807) is 24.3 Å². The van der Waals surface area contributed by atoms with Gasteiger partial charge in [-0.15, -0.1) is 0 Å². The van der Waals surface area contributed by atoms with Gasteiger partial charge >= 0.3 is 0 Å². The zero-order valence-electron chi connectivity index (χ0n) is 11.5. The molecule has 21 heavy (non-hydrogen) atoms. The fourth-order valence-electron chi connectivity index (χ4n) is 2.58. The van der Waals surface area contributed by atoms with E-state index in [0.717, 1.165) is 16.6 Å². The highest BCUT2D eigenvalue weighted by Gasteiger charge is 2.23. The van der Waals surface area contributed by atoms with Crippen LogP contribution in [0.3, 0.4) is 0 Å². The highest BCUT2D eigenvalue weighted by atomic mass is 79.9. The Labute approximate surface area is 132 Å². The van der Waals surface area contributed by atoms with Crippen molar-refractivity contribution in [1.82, 2.24) is 3.97 Å². The van der Waals surface area contributed by atoms with Crippen LogP contribution >= 0.6 is 15.9 Å². The standard InChI is InChI=1S/C16H14BrNO2S/c1-12-15(11-17)14-9-5-6-10-16(14)18(12)21(19,20)13-7-3-2-4-8-13/h2-10H,11H2,1H3. The van der Waals surface area contributed by atoms with Crippen molar-refractivity contribution < 1.29 is 8.42 Å². The van der Waals surface area contributed by atoms with Crippen molar-refractivity contribution in [2.45, 2.75) is 17.1 Å². The van der Waals surface area contributed by atoms with Gasteiger partial charge in [0, 0.05) is 16.4 Å². The zero-order chi connectivity index (χ0) is 15.0. The summed E-state index contributed by atoms with van der Waals surface area (Å²) < 4.78 is 27.3. The number of alkyl halides is 1. The first-order valence-corrected chi connectivity index (χ1v) is 9.09. The minimum atomic E-state index is -3.59. The SMILES string of the molecule is Cc1c(CBr)c2ccccc2n1S(=O)(=O)c1ccccc1. The quantitative estimate of drug-likeness (QED) is 0.657. The van der Waals surface area contributed by atoms with E-state index in [2.05, 4.69) is 15.9 Å². The molecule has 0 N–H and O–H groups in total. The first-order valence-electron chi connectivity index (χ1n) is 6.53. The topological polar surface area (TPSA) is 39.1 Å². The third kappa shape index (κ3) is 2.21. The normalized spacial score (nSPS) is 11.9. The number of aromatic nitrogens is 1. The van der Waals surface area contributed by atoms with Crippen molar-refractivity contribution in [3.8, 4) is 0 Å². The molecule has 0 fully saturated rings. The molecular weight excluding hydrogens is 350 g/mol. The third-order valence-electron chi connectivity index (χ3n) is 3.60. The van der Waals surface area contributed by atoms with Gasteiger partial charge in [0.15, 0.2) is 0 Å². The molecule has 5 heteroatoms. The molecule has 0 bridgehead atoms. The Morgan fingerprint density at radius 2 is 1.62 bits per heavy atom. The molecule has 0 atom stereocenters. The number of para-hydroxylation sites is 1. The van der Waals surface area contributed by atoms with Crippen molar-refractivity contribution in [3.63, 3.8) is 0 Å². The maximum absolute atomic E-state index is 12.9. The lowest BCUT2D eigenvalue weighted by atomic mass is 10.2. The van der Waals surface area contributed by atoms with Crippen LogP contribution in [0.25, 0.3) is 10.9 Å².